The Hall–Kier alpha value is -4.82. The molecule has 1 saturated carbocycles. The van der Waals surface area contributed by atoms with Crippen molar-refractivity contribution in [3.8, 4) is 11.5 Å². The van der Waals surface area contributed by atoms with Gasteiger partial charge in [-0.1, -0.05) is 6.07 Å². The van der Waals surface area contributed by atoms with Crippen molar-refractivity contribution in [3.63, 3.8) is 0 Å². The minimum Gasteiger partial charge on any atom is -0.378 e. The molecule has 0 spiro atoms. The van der Waals surface area contributed by atoms with E-state index in [-0.39, 0.29) is 5.41 Å². The summed E-state index contributed by atoms with van der Waals surface area (Å²) in [7, 11) is 0. The molecule has 4 aromatic heterocycles. The average molecular weight is 568 g/mol. The van der Waals surface area contributed by atoms with Crippen molar-refractivity contribution in [1.29, 1.82) is 0 Å². The van der Waals surface area contributed by atoms with Crippen LogP contribution in [0.2, 0.25) is 0 Å². The van der Waals surface area contributed by atoms with Crippen molar-refractivity contribution in [3.05, 3.63) is 96.1 Å². The van der Waals surface area contributed by atoms with Crippen molar-refractivity contribution >= 4 is 44.7 Å². The maximum absolute atomic E-state index is 5.93. The Morgan fingerprint density at radius 1 is 0.814 bits per heavy atom. The third-order valence-electron chi connectivity index (χ3n) is 8.93. The van der Waals surface area contributed by atoms with Gasteiger partial charge in [-0.05, 0) is 106 Å². The number of H-pyrrole nitrogens is 1. The van der Waals surface area contributed by atoms with Crippen molar-refractivity contribution < 1.29 is 4.74 Å². The lowest BCUT2D eigenvalue weighted by Gasteiger charge is -2.28. The summed E-state index contributed by atoms with van der Waals surface area (Å²) in [6.07, 6.45) is 6.26. The lowest BCUT2D eigenvalue weighted by atomic mass is 9.85. The van der Waals surface area contributed by atoms with Gasteiger partial charge in [0.25, 0.3) is 0 Å². The molecule has 3 atom stereocenters. The highest BCUT2D eigenvalue weighted by Crippen LogP contribution is 2.60. The van der Waals surface area contributed by atoms with E-state index in [1.807, 2.05) is 50.4 Å². The van der Waals surface area contributed by atoms with Gasteiger partial charge in [0.05, 0.1) is 41.1 Å². The van der Waals surface area contributed by atoms with Gasteiger partial charge in [0.15, 0.2) is 5.82 Å². The molecule has 8 heteroatoms. The molecule has 1 aliphatic carbocycles. The topological polar surface area (TPSA) is 101 Å². The molecule has 0 radical (unpaired) electrons. The third-order valence-corrected chi connectivity index (χ3v) is 8.93. The van der Waals surface area contributed by atoms with Crippen molar-refractivity contribution in [2.24, 2.45) is 5.92 Å². The summed E-state index contributed by atoms with van der Waals surface area (Å²) in [6, 6.07) is 23.0. The number of aryl methyl sites for hydroxylation is 2. The normalized spacial score (nSPS) is 21.1. The van der Waals surface area contributed by atoms with Crippen LogP contribution in [0.5, 0.6) is 0 Å². The van der Waals surface area contributed by atoms with E-state index in [1.165, 1.54) is 12.0 Å². The fourth-order valence-electron chi connectivity index (χ4n) is 6.71. The molecule has 1 aliphatic heterocycles. The van der Waals surface area contributed by atoms with Crippen LogP contribution in [0.25, 0.3) is 33.5 Å². The molecule has 2 fully saturated rings. The predicted octanol–water partition coefficient (Wildman–Crippen LogP) is 7.74. The van der Waals surface area contributed by atoms with Crippen LogP contribution in [0.3, 0.4) is 0 Å². The summed E-state index contributed by atoms with van der Waals surface area (Å²) in [4.78, 5) is 22.1. The van der Waals surface area contributed by atoms with E-state index in [1.54, 1.807) is 6.20 Å². The van der Waals surface area contributed by atoms with Crippen LogP contribution in [-0.4, -0.2) is 37.6 Å². The molecule has 5 heterocycles. The first-order valence-electron chi connectivity index (χ1n) is 14.9. The van der Waals surface area contributed by atoms with Gasteiger partial charge in [-0.15, -0.1) is 0 Å². The number of hydrogen-bond acceptors (Lipinski definition) is 7. The Balaban J connectivity index is 1.05. The van der Waals surface area contributed by atoms with E-state index >= 15 is 0 Å². The van der Waals surface area contributed by atoms with Gasteiger partial charge in [-0.3, -0.25) is 15.0 Å². The number of rotatable bonds is 6. The second-order valence-corrected chi connectivity index (χ2v) is 12.1. The molecule has 0 unspecified atom stereocenters. The van der Waals surface area contributed by atoms with E-state index < -0.39 is 0 Å². The van der Waals surface area contributed by atoms with Gasteiger partial charge in [-0.25, -0.2) is 4.98 Å². The maximum Gasteiger partial charge on any atom is 0.157 e. The van der Waals surface area contributed by atoms with Crippen LogP contribution in [0.4, 0.5) is 22.7 Å². The van der Waals surface area contributed by atoms with Crippen LogP contribution >= 0.6 is 0 Å². The van der Waals surface area contributed by atoms with Crippen LogP contribution in [0.1, 0.15) is 36.7 Å². The van der Waals surface area contributed by atoms with E-state index in [2.05, 4.69) is 63.9 Å². The first-order chi connectivity index (χ1) is 20.9. The average Bonchev–Trinajstić information content (AvgIpc) is 3.58. The molecule has 8 nitrogen and oxygen atoms in total. The standard InChI is InChI=1S/C35H33N7O/c1-20-12-26(10-11-36-20)39-25-5-8-30-33(15-25)42-34(41-30)31-9-6-27(18-37-31)40-32-13-21(2)38-29-7-4-23(14-28(29)32)35-16-22(3)43-19-24(35)17-35/h4-15,18,22,24H,16-17,19H2,1-3H3,(H,36,39)(H,38,40)(H,41,42)/t22-,24-,35-/m0/s1. The smallest absolute Gasteiger partial charge is 0.157 e. The molecule has 3 N–H and O–H groups in total. The van der Waals surface area contributed by atoms with Crippen LogP contribution < -0.4 is 10.6 Å². The number of aromatic amines is 1. The van der Waals surface area contributed by atoms with Gasteiger partial charge in [0.2, 0.25) is 0 Å². The Morgan fingerprint density at radius 3 is 2.53 bits per heavy atom. The fraction of sp³-hybridized carbons (Fsp3) is 0.257. The lowest BCUT2D eigenvalue weighted by molar-refractivity contribution is 0.0146. The van der Waals surface area contributed by atoms with Gasteiger partial charge in [0, 0.05) is 45.4 Å². The number of imidazole rings is 1. The Labute approximate surface area is 250 Å². The number of benzene rings is 2. The van der Waals surface area contributed by atoms with Gasteiger partial charge in [-0.2, -0.15) is 0 Å². The van der Waals surface area contributed by atoms with Gasteiger partial charge in [0.1, 0.15) is 5.69 Å². The molecule has 0 amide bonds. The number of ether oxygens (including phenoxy) is 1. The second-order valence-electron chi connectivity index (χ2n) is 12.1. The molecule has 6 aromatic rings. The van der Waals surface area contributed by atoms with Crippen molar-refractivity contribution in [1.82, 2.24) is 24.9 Å². The first-order valence-corrected chi connectivity index (χ1v) is 14.9. The first kappa shape index (κ1) is 25.9. The predicted molar refractivity (Wildman–Crippen MR) is 171 cm³/mol. The molecule has 0 bridgehead atoms. The highest BCUT2D eigenvalue weighted by molar-refractivity contribution is 5.94. The Morgan fingerprint density at radius 2 is 1.67 bits per heavy atom. The number of pyridine rings is 3. The summed E-state index contributed by atoms with van der Waals surface area (Å²) in [5.74, 6) is 1.36. The van der Waals surface area contributed by atoms with Gasteiger partial charge >= 0.3 is 0 Å². The molecule has 214 valence electrons. The molecule has 8 rings (SSSR count). The van der Waals surface area contributed by atoms with Crippen LogP contribution in [0.15, 0.2) is 79.1 Å². The number of anilines is 4. The minimum atomic E-state index is 0.249. The zero-order chi connectivity index (χ0) is 29.1. The number of aromatic nitrogens is 5. The zero-order valence-electron chi connectivity index (χ0n) is 24.5. The Bertz CT molecular complexity index is 2000. The summed E-state index contributed by atoms with van der Waals surface area (Å²) in [5.41, 5.74) is 11.2. The number of nitrogens with zero attached hydrogens (tertiary/aromatic N) is 4. The molecular formula is C35H33N7O. The fourth-order valence-corrected chi connectivity index (χ4v) is 6.71. The van der Waals surface area contributed by atoms with E-state index in [0.29, 0.717) is 12.0 Å². The second kappa shape index (κ2) is 9.88. The van der Waals surface area contributed by atoms with Crippen LogP contribution in [-0.2, 0) is 10.2 Å². The van der Waals surface area contributed by atoms with E-state index in [4.69, 9.17) is 19.7 Å². The largest absolute Gasteiger partial charge is 0.378 e. The number of fused-ring (bicyclic) bond motifs is 3. The zero-order valence-corrected chi connectivity index (χ0v) is 24.5. The highest BCUT2D eigenvalue weighted by atomic mass is 16.5. The highest BCUT2D eigenvalue weighted by Gasteiger charge is 2.58. The number of nitrogens with one attached hydrogen (secondary N) is 3. The van der Waals surface area contributed by atoms with E-state index in [0.717, 1.165) is 80.6 Å². The summed E-state index contributed by atoms with van der Waals surface area (Å²) in [5, 5.41) is 8.20. The molecule has 43 heavy (non-hydrogen) atoms. The quantitative estimate of drug-likeness (QED) is 0.189. The monoisotopic (exact) mass is 567 g/mol. The lowest BCUT2D eigenvalue weighted by Crippen LogP contribution is -2.27. The summed E-state index contributed by atoms with van der Waals surface area (Å²) in [6.45, 7) is 7.08. The molecule has 2 aliphatic rings. The SMILES string of the molecule is Cc1cc(Nc2ccc3nc(-c4ccc(Nc5cc(C)nc6ccc([C@]78C[C@H]7CO[C@@H](C)C8)cc56)cn4)[nH]c3c2)ccn1. The molecule has 2 aromatic carbocycles. The minimum absolute atomic E-state index is 0.249. The Kier molecular flexibility index (Phi) is 5.94. The van der Waals surface area contributed by atoms with Crippen molar-refractivity contribution in [2.75, 3.05) is 17.2 Å². The molecule has 1 saturated heterocycles. The summed E-state index contributed by atoms with van der Waals surface area (Å²) < 4.78 is 5.93. The number of hydrogen-bond donors (Lipinski definition) is 3. The summed E-state index contributed by atoms with van der Waals surface area (Å²) >= 11 is 0. The van der Waals surface area contributed by atoms with Crippen LogP contribution in [0, 0.1) is 19.8 Å². The van der Waals surface area contributed by atoms with Gasteiger partial charge < -0.3 is 20.4 Å². The van der Waals surface area contributed by atoms with Crippen molar-refractivity contribution in [2.45, 2.75) is 45.1 Å². The third kappa shape index (κ3) is 4.77. The molecular weight excluding hydrogens is 534 g/mol. The van der Waals surface area contributed by atoms with E-state index in [9.17, 15) is 0 Å². The maximum atomic E-state index is 5.93.